The summed E-state index contributed by atoms with van der Waals surface area (Å²) in [5.74, 6) is -0.298. The average Bonchev–Trinajstić information content (AvgIpc) is 2.71. The van der Waals surface area contributed by atoms with Crippen molar-refractivity contribution in [3.8, 4) is 0 Å². The molecule has 2 amide bonds. The highest BCUT2D eigenvalue weighted by Crippen LogP contribution is 2.14. The number of nitrogens with one attached hydrogen (secondary N) is 3. The van der Waals surface area contributed by atoms with Gasteiger partial charge in [0.2, 0.25) is 5.91 Å². The number of carbonyl (C=O) groups is 2. The second kappa shape index (κ2) is 9.55. The van der Waals surface area contributed by atoms with Crippen LogP contribution in [0.2, 0.25) is 0 Å². The first-order valence-corrected chi connectivity index (χ1v) is 9.54. The molecule has 0 bridgehead atoms. The van der Waals surface area contributed by atoms with Gasteiger partial charge in [0.25, 0.3) is 5.91 Å². The van der Waals surface area contributed by atoms with E-state index < -0.39 is 0 Å². The molecule has 0 heterocycles. The van der Waals surface area contributed by atoms with Gasteiger partial charge in [-0.1, -0.05) is 36.4 Å². The summed E-state index contributed by atoms with van der Waals surface area (Å²) in [6.07, 6.45) is 0. The van der Waals surface area contributed by atoms with E-state index in [1.807, 2.05) is 56.3 Å². The van der Waals surface area contributed by atoms with E-state index in [2.05, 4.69) is 22.0 Å². The van der Waals surface area contributed by atoms with Gasteiger partial charge in [-0.2, -0.15) is 0 Å². The number of benzene rings is 3. The predicted molar refractivity (Wildman–Crippen MR) is 117 cm³/mol. The highest BCUT2D eigenvalue weighted by molar-refractivity contribution is 5.96. The number of hydrogen-bond acceptors (Lipinski definition) is 3. The van der Waals surface area contributed by atoms with Gasteiger partial charge in [-0.3, -0.25) is 9.59 Å². The van der Waals surface area contributed by atoms with Gasteiger partial charge in [-0.25, -0.2) is 0 Å². The first kappa shape index (κ1) is 20.1. The van der Waals surface area contributed by atoms with Gasteiger partial charge in [0, 0.05) is 23.5 Å². The van der Waals surface area contributed by atoms with E-state index in [-0.39, 0.29) is 18.4 Å². The molecule has 0 aliphatic rings. The second-order valence-electron chi connectivity index (χ2n) is 7.02. The minimum Gasteiger partial charge on any atom is -0.376 e. The minimum atomic E-state index is -0.150. The standard InChI is InChI=1S/C24H25N3O2/c1-17-12-18(2)14-22(13-17)25-16-23(28)27-21-10-8-20(9-11-21)24(29)26-15-19-6-4-3-5-7-19/h3-14,25H,15-16H2,1-2H3,(H,26,29)(H,27,28). The van der Waals surface area contributed by atoms with Crippen molar-refractivity contribution in [3.05, 3.63) is 95.1 Å². The molecule has 0 aliphatic heterocycles. The fourth-order valence-electron chi connectivity index (χ4n) is 3.05. The van der Waals surface area contributed by atoms with E-state index in [1.165, 1.54) is 0 Å². The number of amides is 2. The Balaban J connectivity index is 1.49. The maximum absolute atomic E-state index is 12.3. The number of rotatable bonds is 7. The molecular weight excluding hydrogens is 362 g/mol. The normalized spacial score (nSPS) is 10.3. The molecule has 0 radical (unpaired) electrons. The molecule has 3 aromatic rings. The van der Waals surface area contributed by atoms with Gasteiger partial charge >= 0.3 is 0 Å². The lowest BCUT2D eigenvalue weighted by Gasteiger charge is -2.10. The van der Waals surface area contributed by atoms with Gasteiger partial charge < -0.3 is 16.0 Å². The highest BCUT2D eigenvalue weighted by Gasteiger charge is 2.07. The molecule has 0 saturated carbocycles. The van der Waals surface area contributed by atoms with Crippen LogP contribution in [0.15, 0.2) is 72.8 Å². The van der Waals surface area contributed by atoms with Crippen LogP contribution in [0.3, 0.4) is 0 Å². The molecule has 3 aromatic carbocycles. The number of carbonyl (C=O) groups excluding carboxylic acids is 2. The molecule has 0 fully saturated rings. The summed E-state index contributed by atoms with van der Waals surface area (Å²) in [5.41, 5.74) is 5.45. The van der Waals surface area contributed by atoms with E-state index in [1.54, 1.807) is 24.3 Å². The summed E-state index contributed by atoms with van der Waals surface area (Å²) in [5, 5.41) is 8.85. The number of anilines is 2. The lowest BCUT2D eigenvalue weighted by Crippen LogP contribution is -2.23. The van der Waals surface area contributed by atoms with E-state index in [0.717, 1.165) is 22.4 Å². The third-order valence-electron chi connectivity index (χ3n) is 4.40. The molecule has 29 heavy (non-hydrogen) atoms. The van der Waals surface area contributed by atoms with Crippen LogP contribution in [-0.4, -0.2) is 18.4 Å². The Morgan fingerprint density at radius 1 is 0.793 bits per heavy atom. The van der Waals surface area contributed by atoms with Crippen molar-refractivity contribution in [2.24, 2.45) is 0 Å². The average molecular weight is 387 g/mol. The van der Waals surface area contributed by atoms with Crippen molar-refractivity contribution in [3.63, 3.8) is 0 Å². The lowest BCUT2D eigenvalue weighted by atomic mass is 10.1. The van der Waals surface area contributed by atoms with Crippen molar-refractivity contribution in [1.29, 1.82) is 0 Å². The van der Waals surface area contributed by atoms with E-state index in [4.69, 9.17) is 0 Å². The molecule has 0 unspecified atom stereocenters. The Hall–Kier alpha value is -3.60. The molecule has 3 rings (SSSR count). The molecule has 0 atom stereocenters. The molecule has 5 heteroatoms. The maximum Gasteiger partial charge on any atom is 0.251 e. The molecule has 5 nitrogen and oxygen atoms in total. The third-order valence-corrected chi connectivity index (χ3v) is 4.40. The van der Waals surface area contributed by atoms with Gasteiger partial charge in [0.15, 0.2) is 0 Å². The largest absolute Gasteiger partial charge is 0.376 e. The monoisotopic (exact) mass is 387 g/mol. The van der Waals surface area contributed by atoms with Crippen LogP contribution in [0.25, 0.3) is 0 Å². The molecule has 0 spiro atoms. The molecule has 148 valence electrons. The summed E-state index contributed by atoms with van der Waals surface area (Å²) < 4.78 is 0. The van der Waals surface area contributed by atoms with Crippen LogP contribution in [-0.2, 0) is 11.3 Å². The Kier molecular flexibility index (Phi) is 6.63. The summed E-state index contributed by atoms with van der Waals surface area (Å²) in [6, 6.07) is 22.7. The number of aryl methyl sites for hydroxylation is 2. The maximum atomic E-state index is 12.3. The van der Waals surface area contributed by atoms with Gasteiger partial charge in [-0.05, 0) is 66.9 Å². The van der Waals surface area contributed by atoms with Crippen molar-refractivity contribution >= 4 is 23.2 Å². The Labute approximate surface area is 171 Å². The number of hydrogen-bond donors (Lipinski definition) is 3. The van der Waals surface area contributed by atoms with Crippen LogP contribution in [0.5, 0.6) is 0 Å². The first-order chi connectivity index (χ1) is 14.0. The Morgan fingerprint density at radius 2 is 1.45 bits per heavy atom. The van der Waals surface area contributed by atoms with Gasteiger partial charge in [0.1, 0.15) is 0 Å². The second-order valence-corrected chi connectivity index (χ2v) is 7.02. The van der Waals surface area contributed by atoms with Crippen LogP contribution in [0, 0.1) is 13.8 Å². The van der Waals surface area contributed by atoms with Crippen LogP contribution < -0.4 is 16.0 Å². The highest BCUT2D eigenvalue weighted by atomic mass is 16.2. The predicted octanol–water partition coefficient (Wildman–Crippen LogP) is 4.28. The Bertz CT molecular complexity index is 963. The summed E-state index contributed by atoms with van der Waals surface area (Å²) in [7, 11) is 0. The molecule has 0 aromatic heterocycles. The lowest BCUT2D eigenvalue weighted by molar-refractivity contribution is -0.114. The summed E-state index contributed by atoms with van der Waals surface area (Å²) >= 11 is 0. The van der Waals surface area contributed by atoms with E-state index >= 15 is 0 Å². The smallest absolute Gasteiger partial charge is 0.251 e. The zero-order valence-electron chi connectivity index (χ0n) is 16.7. The fraction of sp³-hybridized carbons (Fsp3) is 0.167. The van der Waals surface area contributed by atoms with Crippen molar-refractivity contribution in [2.45, 2.75) is 20.4 Å². The van der Waals surface area contributed by atoms with Crippen LogP contribution >= 0.6 is 0 Å². The van der Waals surface area contributed by atoms with Crippen LogP contribution in [0.4, 0.5) is 11.4 Å². The van der Waals surface area contributed by atoms with Gasteiger partial charge in [0.05, 0.1) is 6.54 Å². The summed E-state index contributed by atoms with van der Waals surface area (Å²) in [4.78, 5) is 24.4. The first-order valence-electron chi connectivity index (χ1n) is 9.54. The van der Waals surface area contributed by atoms with Crippen molar-refractivity contribution in [1.82, 2.24) is 5.32 Å². The third kappa shape index (κ3) is 6.21. The Morgan fingerprint density at radius 3 is 2.10 bits per heavy atom. The minimum absolute atomic E-state index is 0.148. The zero-order chi connectivity index (χ0) is 20.6. The van der Waals surface area contributed by atoms with E-state index in [0.29, 0.717) is 17.8 Å². The van der Waals surface area contributed by atoms with Crippen LogP contribution in [0.1, 0.15) is 27.0 Å². The molecule has 0 aliphatic carbocycles. The topological polar surface area (TPSA) is 70.2 Å². The molecular formula is C24H25N3O2. The SMILES string of the molecule is Cc1cc(C)cc(NCC(=O)Nc2ccc(C(=O)NCc3ccccc3)cc2)c1. The zero-order valence-corrected chi connectivity index (χ0v) is 16.7. The van der Waals surface area contributed by atoms with Gasteiger partial charge in [-0.15, -0.1) is 0 Å². The van der Waals surface area contributed by atoms with Crippen molar-refractivity contribution in [2.75, 3.05) is 17.2 Å². The summed E-state index contributed by atoms with van der Waals surface area (Å²) in [6.45, 7) is 4.69. The van der Waals surface area contributed by atoms with Crippen molar-refractivity contribution < 1.29 is 9.59 Å². The molecule has 3 N–H and O–H groups in total. The molecule has 0 saturated heterocycles. The van der Waals surface area contributed by atoms with E-state index in [9.17, 15) is 9.59 Å². The fourth-order valence-corrected chi connectivity index (χ4v) is 3.05. The quantitative estimate of drug-likeness (QED) is 0.567.